The summed E-state index contributed by atoms with van der Waals surface area (Å²) in [6, 6.07) is 10.7. The number of benzene rings is 1. The topological polar surface area (TPSA) is 9.23 Å². The quantitative estimate of drug-likeness (QED) is 0.626. The summed E-state index contributed by atoms with van der Waals surface area (Å²) in [7, 11) is 0. The second-order valence-electron chi connectivity index (χ2n) is 3.32. The second-order valence-corrected chi connectivity index (χ2v) is 3.93. The fourth-order valence-electron chi connectivity index (χ4n) is 1.62. The van der Waals surface area contributed by atoms with Gasteiger partial charge in [0.2, 0.25) is 0 Å². The van der Waals surface area contributed by atoms with Crippen LogP contribution in [0.1, 0.15) is 24.8 Å². The van der Waals surface area contributed by atoms with Crippen LogP contribution in [0.15, 0.2) is 24.3 Å². The molecule has 1 heterocycles. The molecule has 1 aliphatic heterocycles. The van der Waals surface area contributed by atoms with Gasteiger partial charge in [0, 0.05) is 6.61 Å². The maximum Gasteiger partial charge on any atom is 0.167 e. The molecule has 13 heavy (non-hydrogen) atoms. The highest BCUT2D eigenvalue weighted by molar-refractivity contribution is 6.23. The molecule has 1 atom stereocenters. The Morgan fingerprint density at radius 1 is 1.31 bits per heavy atom. The van der Waals surface area contributed by atoms with E-state index >= 15 is 0 Å². The highest BCUT2D eigenvalue weighted by Gasteiger charge is 2.32. The molecule has 1 nitrogen and oxygen atoms in total. The van der Waals surface area contributed by atoms with Crippen molar-refractivity contribution in [3.63, 3.8) is 0 Å². The zero-order chi connectivity index (χ0) is 9.15. The molecule has 1 aliphatic rings. The van der Waals surface area contributed by atoms with E-state index in [4.69, 9.17) is 16.3 Å². The van der Waals surface area contributed by atoms with Crippen molar-refractivity contribution in [3.05, 3.63) is 35.9 Å². The predicted octanol–water partition coefficient (Wildman–Crippen LogP) is 3.08. The van der Waals surface area contributed by atoms with E-state index in [0.29, 0.717) is 0 Å². The number of ether oxygens (including phenoxy) is 1. The van der Waals surface area contributed by atoms with E-state index in [-0.39, 0.29) is 0 Å². The summed E-state index contributed by atoms with van der Waals surface area (Å²) in [6.07, 6.45) is 3.16. The molecule has 0 aromatic heterocycles. The summed E-state index contributed by atoms with van der Waals surface area (Å²) in [5.74, 6) is 0. The number of alkyl halides is 1. The van der Waals surface area contributed by atoms with E-state index in [2.05, 4.69) is 6.07 Å². The van der Waals surface area contributed by atoms with Crippen LogP contribution in [0.2, 0.25) is 0 Å². The van der Waals surface area contributed by atoms with Gasteiger partial charge in [-0.2, -0.15) is 0 Å². The van der Waals surface area contributed by atoms with E-state index in [1.54, 1.807) is 0 Å². The minimum absolute atomic E-state index is 0.576. The van der Waals surface area contributed by atoms with Gasteiger partial charge in [-0.15, -0.1) is 0 Å². The third-order valence-corrected chi connectivity index (χ3v) is 2.89. The zero-order valence-corrected chi connectivity index (χ0v) is 8.18. The molecular formula is C11H12ClO. The molecule has 2 rings (SSSR count). The molecule has 0 spiro atoms. The van der Waals surface area contributed by atoms with Crippen LogP contribution in [0.5, 0.6) is 0 Å². The Balaban J connectivity index is 2.23. The van der Waals surface area contributed by atoms with Crippen LogP contribution in [0.3, 0.4) is 0 Å². The number of hydrogen-bond donors (Lipinski definition) is 0. The van der Waals surface area contributed by atoms with Crippen molar-refractivity contribution in [2.45, 2.75) is 24.3 Å². The molecule has 0 amide bonds. The van der Waals surface area contributed by atoms with Crippen molar-refractivity contribution in [3.8, 4) is 0 Å². The monoisotopic (exact) mass is 195 g/mol. The first-order valence-electron chi connectivity index (χ1n) is 4.61. The molecule has 0 aliphatic carbocycles. The normalized spacial score (nSPS) is 28.7. The number of halogens is 1. The van der Waals surface area contributed by atoms with Gasteiger partial charge in [0.1, 0.15) is 0 Å². The zero-order valence-electron chi connectivity index (χ0n) is 7.42. The molecule has 1 aromatic carbocycles. The lowest BCUT2D eigenvalue weighted by Crippen LogP contribution is -2.27. The van der Waals surface area contributed by atoms with Gasteiger partial charge < -0.3 is 4.74 Å². The van der Waals surface area contributed by atoms with Crippen molar-refractivity contribution in [2.24, 2.45) is 0 Å². The summed E-state index contributed by atoms with van der Waals surface area (Å²) < 4.78 is 5.60. The van der Waals surface area contributed by atoms with Crippen molar-refractivity contribution in [1.29, 1.82) is 0 Å². The lowest BCUT2D eigenvalue weighted by molar-refractivity contribution is -0.0203. The highest BCUT2D eigenvalue weighted by atomic mass is 35.5. The molecular weight excluding hydrogens is 184 g/mol. The van der Waals surface area contributed by atoms with E-state index in [1.807, 2.05) is 24.3 Å². The standard InChI is InChI=1S/C11H12ClO/c12-11(8-4-5-9-13-11)10-6-2-1-3-7-10/h2-3,6-7H,4-5,8-9H2. The Morgan fingerprint density at radius 3 is 2.69 bits per heavy atom. The lowest BCUT2D eigenvalue weighted by Gasteiger charge is -2.31. The Kier molecular flexibility index (Phi) is 2.56. The molecule has 1 fully saturated rings. The van der Waals surface area contributed by atoms with Gasteiger partial charge in [-0.25, -0.2) is 0 Å². The van der Waals surface area contributed by atoms with E-state index < -0.39 is 5.06 Å². The van der Waals surface area contributed by atoms with Crippen LogP contribution in [0.4, 0.5) is 0 Å². The largest absolute Gasteiger partial charge is 0.356 e. The minimum atomic E-state index is -0.576. The first-order chi connectivity index (χ1) is 6.31. The Bertz CT molecular complexity index is 265. The molecule has 1 radical (unpaired) electrons. The van der Waals surface area contributed by atoms with Crippen LogP contribution >= 0.6 is 11.6 Å². The van der Waals surface area contributed by atoms with Crippen LogP contribution in [-0.4, -0.2) is 6.61 Å². The fraction of sp³-hybridized carbons (Fsp3) is 0.455. The van der Waals surface area contributed by atoms with Gasteiger partial charge in [-0.05, 0) is 30.9 Å². The first-order valence-corrected chi connectivity index (χ1v) is 4.98. The summed E-state index contributed by atoms with van der Waals surface area (Å²) >= 11 is 6.36. The van der Waals surface area contributed by atoms with Crippen LogP contribution in [0.25, 0.3) is 0 Å². The van der Waals surface area contributed by atoms with Crippen LogP contribution < -0.4 is 0 Å². The average Bonchev–Trinajstić information content (AvgIpc) is 2.20. The van der Waals surface area contributed by atoms with Crippen molar-refractivity contribution < 1.29 is 4.74 Å². The Labute approximate surface area is 83.7 Å². The molecule has 0 bridgehead atoms. The number of rotatable bonds is 1. The summed E-state index contributed by atoms with van der Waals surface area (Å²) in [5, 5.41) is -0.576. The predicted molar refractivity (Wildman–Crippen MR) is 52.6 cm³/mol. The smallest absolute Gasteiger partial charge is 0.167 e. The summed E-state index contributed by atoms with van der Waals surface area (Å²) in [6.45, 7) is 0.766. The van der Waals surface area contributed by atoms with E-state index in [1.165, 1.54) is 0 Å². The molecule has 1 aromatic rings. The molecule has 1 saturated heterocycles. The summed E-state index contributed by atoms with van der Waals surface area (Å²) in [4.78, 5) is 0. The minimum Gasteiger partial charge on any atom is -0.356 e. The second kappa shape index (κ2) is 3.69. The van der Waals surface area contributed by atoms with Crippen LogP contribution in [0, 0.1) is 6.07 Å². The SMILES string of the molecule is ClC1(c2cc[c]cc2)CCCCO1. The third kappa shape index (κ3) is 1.87. The van der Waals surface area contributed by atoms with Crippen molar-refractivity contribution >= 4 is 11.6 Å². The van der Waals surface area contributed by atoms with Gasteiger partial charge in [0.25, 0.3) is 0 Å². The van der Waals surface area contributed by atoms with Gasteiger partial charge in [-0.3, -0.25) is 0 Å². The van der Waals surface area contributed by atoms with Gasteiger partial charge >= 0.3 is 0 Å². The van der Waals surface area contributed by atoms with Crippen molar-refractivity contribution in [2.75, 3.05) is 6.61 Å². The molecule has 0 N–H and O–H groups in total. The molecule has 2 heteroatoms. The van der Waals surface area contributed by atoms with Gasteiger partial charge in [0.05, 0.1) is 0 Å². The van der Waals surface area contributed by atoms with Gasteiger partial charge in [0.15, 0.2) is 5.06 Å². The Morgan fingerprint density at radius 2 is 2.08 bits per heavy atom. The van der Waals surface area contributed by atoms with E-state index in [9.17, 15) is 0 Å². The fourth-order valence-corrected chi connectivity index (χ4v) is 1.96. The number of hydrogen-bond acceptors (Lipinski definition) is 1. The maximum atomic E-state index is 6.36. The Hall–Kier alpha value is -0.530. The molecule has 69 valence electrons. The van der Waals surface area contributed by atoms with E-state index in [0.717, 1.165) is 31.4 Å². The first kappa shape index (κ1) is 9.04. The highest BCUT2D eigenvalue weighted by Crippen LogP contribution is 2.38. The van der Waals surface area contributed by atoms with Gasteiger partial charge in [-0.1, -0.05) is 35.9 Å². The maximum absolute atomic E-state index is 6.36. The molecule has 0 saturated carbocycles. The van der Waals surface area contributed by atoms with Crippen molar-refractivity contribution in [1.82, 2.24) is 0 Å². The molecule has 1 unspecified atom stereocenters. The average molecular weight is 196 g/mol. The summed E-state index contributed by atoms with van der Waals surface area (Å²) in [5.41, 5.74) is 1.05. The third-order valence-electron chi connectivity index (χ3n) is 2.37. The van der Waals surface area contributed by atoms with Crippen LogP contribution in [-0.2, 0) is 9.80 Å². The lowest BCUT2D eigenvalue weighted by atomic mass is 10.0.